The Bertz CT molecular complexity index is 687. The lowest BCUT2D eigenvalue weighted by molar-refractivity contribution is 0.161. The number of hydrogen-bond acceptors (Lipinski definition) is 3. The first kappa shape index (κ1) is 17.7. The van der Waals surface area contributed by atoms with E-state index < -0.39 is 0 Å². The number of aromatic hydroxyl groups is 1. The summed E-state index contributed by atoms with van der Waals surface area (Å²) in [4.78, 5) is 2.48. The van der Waals surface area contributed by atoms with E-state index in [1.807, 2.05) is 24.3 Å². The van der Waals surface area contributed by atoms with Crippen molar-refractivity contribution in [2.75, 3.05) is 20.2 Å². The van der Waals surface area contributed by atoms with Crippen LogP contribution in [0.25, 0.3) is 0 Å². The molecule has 0 saturated carbocycles. The molecule has 1 fully saturated rings. The molecule has 0 radical (unpaired) electrons. The van der Waals surface area contributed by atoms with Gasteiger partial charge in [0.25, 0.3) is 0 Å². The third-order valence-electron chi connectivity index (χ3n) is 5.01. The van der Waals surface area contributed by atoms with Crippen molar-refractivity contribution in [2.45, 2.75) is 32.2 Å². The number of hydrogen-bond donors (Lipinski definition) is 1. The van der Waals surface area contributed by atoms with Gasteiger partial charge in [0.2, 0.25) is 0 Å². The number of methoxy groups -OCH3 is 1. The Hall–Kier alpha value is -2.07. The predicted octanol–water partition coefficient (Wildman–Crippen LogP) is 4.38. The number of phenolic OH excluding ortho intramolecular Hbond substituents is 1. The van der Waals surface area contributed by atoms with Gasteiger partial charge in [0.15, 0.2) is 11.5 Å². The van der Waals surface area contributed by atoms with Crippen molar-refractivity contribution in [3.05, 3.63) is 59.4 Å². The Labute approximate surface area is 149 Å². The monoisotopic (exact) mass is 343 g/mol. The summed E-state index contributed by atoms with van der Waals surface area (Å²) < 4.78 is 18.2. The zero-order chi connectivity index (χ0) is 17.6. The van der Waals surface area contributed by atoms with Crippen molar-refractivity contribution in [3.63, 3.8) is 0 Å². The number of ether oxygens (including phenoxy) is 1. The summed E-state index contributed by atoms with van der Waals surface area (Å²) in [5, 5.41) is 9.72. The van der Waals surface area contributed by atoms with Gasteiger partial charge in [-0.1, -0.05) is 18.2 Å². The van der Waals surface area contributed by atoms with Crippen molar-refractivity contribution in [1.82, 2.24) is 4.90 Å². The molecular weight excluding hydrogens is 317 g/mol. The summed E-state index contributed by atoms with van der Waals surface area (Å²) in [6.45, 7) is 3.07. The lowest BCUT2D eigenvalue weighted by Crippen LogP contribution is -2.35. The second-order valence-electron chi connectivity index (χ2n) is 6.91. The predicted molar refractivity (Wildman–Crippen MR) is 97.4 cm³/mol. The Morgan fingerprint density at radius 1 is 1.16 bits per heavy atom. The van der Waals surface area contributed by atoms with Gasteiger partial charge in [-0.3, -0.25) is 4.90 Å². The van der Waals surface area contributed by atoms with E-state index in [-0.39, 0.29) is 11.6 Å². The third-order valence-corrected chi connectivity index (χ3v) is 5.01. The fourth-order valence-electron chi connectivity index (χ4n) is 3.63. The Kier molecular flexibility index (Phi) is 5.92. The number of nitrogens with zero attached hydrogens (tertiary/aromatic N) is 1. The average molecular weight is 343 g/mol. The average Bonchev–Trinajstić information content (AvgIpc) is 2.63. The molecule has 25 heavy (non-hydrogen) atoms. The molecule has 0 bridgehead atoms. The third kappa shape index (κ3) is 4.95. The van der Waals surface area contributed by atoms with Crippen molar-refractivity contribution in [2.24, 2.45) is 5.92 Å². The molecule has 0 spiro atoms. The fraction of sp³-hybridized carbons (Fsp3) is 0.429. The van der Waals surface area contributed by atoms with Crippen molar-refractivity contribution in [3.8, 4) is 11.5 Å². The van der Waals surface area contributed by atoms with E-state index in [0.29, 0.717) is 11.7 Å². The smallest absolute Gasteiger partial charge is 0.160 e. The van der Waals surface area contributed by atoms with Gasteiger partial charge in [-0.05, 0) is 73.5 Å². The van der Waals surface area contributed by atoms with Crippen LogP contribution in [0, 0.1) is 11.7 Å². The first-order valence-corrected chi connectivity index (χ1v) is 8.96. The SMILES string of the molecule is COc1cc(CN2CCC[C@@H](CCc3ccc(F)cc3)C2)ccc1O. The second kappa shape index (κ2) is 8.34. The molecule has 1 saturated heterocycles. The van der Waals surface area contributed by atoms with Gasteiger partial charge in [0.05, 0.1) is 7.11 Å². The minimum Gasteiger partial charge on any atom is -0.504 e. The summed E-state index contributed by atoms with van der Waals surface area (Å²) in [6, 6.07) is 12.4. The molecule has 4 heteroatoms. The molecule has 0 unspecified atom stereocenters. The highest BCUT2D eigenvalue weighted by Crippen LogP contribution is 2.28. The fourth-order valence-corrected chi connectivity index (χ4v) is 3.63. The first-order chi connectivity index (χ1) is 12.1. The molecule has 1 N–H and O–H groups in total. The molecule has 1 aliphatic rings. The molecule has 2 aromatic rings. The maximum atomic E-state index is 13.0. The lowest BCUT2D eigenvalue weighted by Gasteiger charge is -2.33. The maximum Gasteiger partial charge on any atom is 0.160 e. The maximum absolute atomic E-state index is 13.0. The van der Waals surface area contributed by atoms with Crippen LogP contribution in [-0.4, -0.2) is 30.2 Å². The standard InChI is InChI=1S/C21H26FNO2/c1-25-21-13-18(8-11-20(21)24)15-23-12-2-3-17(14-23)5-4-16-6-9-19(22)10-7-16/h6-11,13,17,24H,2-5,12,14-15H2,1H3/t17-/m0/s1. The highest BCUT2D eigenvalue weighted by atomic mass is 19.1. The van der Waals surface area contributed by atoms with E-state index in [1.54, 1.807) is 25.3 Å². The van der Waals surface area contributed by atoms with Crippen LogP contribution in [-0.2, 0) is 13.0 Å². The van der Waals surface area contributed by atoms with Crippen LogP contribution in [0.3, 0.4) is 0 Å². The molecule has 0 aromatic heterocycles. The highest BCUT2D eigenvalue weighted by Gasteiger charge is 2.20. The Balaban J connectivity index is 1.53. The molecule has 0 amide bonds. The van der Waals surface area contributed by atoms with Crippen LogP contribution in [0.2, 0.25) is 0 Å². The van der Waals surface area contributed by atoms with Gasteiger partial charge >= 0.3 is 0 Å². The number of phenols is 1. The summed E-state index contributed by atoms with van der Waals surface area (Å²) in [7, 11) is 1.57. The van der Waals surface area contributed by atoms with Gasteiger partial charge < -0.3 is 9.84 Å². The number of halogens is 1. The van der Waals surface area contributed by atoms with Crippen LogP contribution < -0.4 is 4.74 Å². The number of piperidine rings is 1. The molecule has 0 aliphatic carbocycles. The van der Waals surface area contributed by atoms with Gasteiger partial charge in [0, 0.05) is 13.1 Å². The van der Waals surface area contributed by atoms with E-state index in [9.17, 15) is 9.50 Å². The zero-order valence-corrected chi connectivity index (χ0v) is 14.7. The molecule has 3 rings (SSSR count). The molecule has 2 aromatic carbocycles. The van der Waals surface area contributed by atoms with E-state index in [2.05, 4.69) is 4.90 Å². The van der Waals surface area contributed by atoms with Crippen LogP contribution in [0.4, 0.5) is 4.39 Å². The van der Waals surface area contributed by atoms with Crippen LogP contribution in [0.5, 0.6) is 11.5 Å². The molecule has 1 atom stereocenters. The van der Waals surface area contributed by atoms with Gasteiger partial charge in [0.1, 0.15) is 5.82 Å². The van der Waals surface area contributed by atoms with Crippen molar-refractivity contribution >= 4 is 0 Å². The Morgan fingerprint density at radius 3 is 2.68 bits per heavy atom. The zero-order valence-electron chi connectivity index (χ0n) is 14.7. The number of benzene rings is 2. The largest absolute Gasteiger partial charge is 0.504 e. The number of aryl methyl sites for hydroxylation is 1. The molecular formula is C21H26FNO2. The van der Waals surface area contributed by atoms with E-state index in [1.165, 1.54) is 18.4 Å². The van der Waals surface area contributed by atoms with E-state index in [4.69, 9.17) is 4.74 Å². The summed E-state index contributed by atoms with van der Waals surface area (Å²) in [5.41, 5.74) is 2.37. The Morgan fingerprint density at radius 2 is 1.92 bits per heavy atom. The summed E-state index contributed by atoms with van der Waals surface area (Å²) >= 11 is 0. The van der Waals surface area contributed by atoms with Gasteiger partial charge in [-0.2, -0.15) is 0 Å². The van der Waals surface area contributed by atoms with Gasteiger partial charge in [-0.25, -0.2) is 4.39 Å². The van der Waals surface area contributed by atoms with E-state index >= 15 is 0 Å². The highest BCUT2D eigenvalue weighted by molar-refractivity contribution is 5.41. The first-order valence-electron chi connectivity index (χ1n) is 8.96. The molecule has 134 valence electrons. The van der Waals surface area contributed by atoms with Crippen LogP contribution >= 0.6 is 0 Å². The second-order valence-corrected chi connectivity index (χ2v) is 6.91. The number of likely N-dealkylation sites (tertiary alicyclic amines) is 1. The quantitative estimate of drug-likeness (QED) is 0.845. The lowest BCUT2D eigenvalue weighted by atomic mass is 9.91. The van der Waals surface area contributed by atoms with Crippen molar-refractivity contribution < 1.29 is 14.2 Å². The van der Waals surface area contributed by atoms with Crippen LogP contribution in [0.15, 0.2) is 42.5 Å². The normalized spacial score (nSPS) is 18.2. The minimum atomic E-state index is -0.170. The van der Waals surface area contributed by atoms with Gasteiger partial charge in [-0.15, -0.1) is 0 Å². The minimum absolute atomic E-state index is 0.170. The summed E-state index contributed by atoms with van der Waals surface area (Å²) in [5.74, 6) is 1.22. The molecule has 1 heterocycles. The summed E-state index contributed by atoms with van der Waals surface area (Å²) in [6.07, 6.45) is 4.62. The van der Waals surface area contributed by atoms with E-state index in [0.717, 1.165) is 38.0 Å². The molecule has 1 aliphatic heterocycles. The molecule has 3 nitrogen and oxygen atoms in total. The number of rotatable bonds is 6. The van der Waals surface area contributed by atoms with Crippen LogP contribution in [0.1, 0.15) is 30.4 Å². The van der Waals surface area contributed by atoms with Crippen molar-refractivity contribution in [1.29, 1.82) is 0 Å². The topological polar surface area (TPSA) is 32.7 Å².